The molecule has 5 rings (SSSR count). The van der Waals surface area contributed by atoms with Crippen molar-refractivity contribution in [1.82, 2.24) is 19.1 Å². The second-order valence-corrected chi connectivity index (χ2v) is 8.80. The number of ether oxygens (including phenoxy) is 2. The molecule has 0 unspecified atom stereocenters. The molecule has 0 radical (unpaired) electrons. The van der Waals surface area contributed by atoms with E-state index < -0.39 is 0 Å². The van der Waals surface area contributed by atoms with Gasteiger partial charge in [0.2, 0.25) is 5.95 Å². The molecular formula is C25H24ClN5O4. The summed E-state index contributed by atoms with van der Waals surface area (Å²) >= 11 is 6.65. The highest BCUT2D eigenvalue weighted by Crippen LogP contribution is 2.29. The summed E-state index contributed by atoms with van der Waals surface area (Å²) in [4.78, 5) is 35.1. The van der Waals surface area contributed by atoms with Gasteiger partial charge in [0, 0.05) is 41.6 Å². The molecule has 1 fully saturated rings. The van der Waals surface area contributed by atoms with Gasteiger partial charge >= 0.3 is 0 Å². The SMILES string of the molecule is COCCn1c(=O)c(-c2ccc(-n3cccc(C)c3=O)cc2Cl)cc2cnc(NC3COC3)nc21. The summed E-state index contributed by atoms with van der Waals surface area (Å²) < 4.78 is 13.5. The third kappa shape index (κ3) is 4.45. The topological polar surface area (TPSA) is 100 Å². The molecule has 1 N–H and O–H groups in total. The van der Waals surface area contributed by atoms with E-state index in [0.29, 0.717) is 70.7 Å². The van der Waals surface area contributed by atoms with Crippen LogP contribution in [0.25, 0.3) is 27.8 Å². The number of nitrogens with zero attached hydrogens (tertiary/aromatic N) is 4. The number of halogens is 1. The number of anilines is 1. The smallest absolute Gasteiger partial charge is 0.260 e. The van der Waals surface area contributed by atoms with Gasteiger partial charge < -0.3 is 14.8 Å². The van der Waals surface area contributed by atoms with Gasteiger partial charge in [-0.25, -0.2) is 4.98 Å². The van der Waals surface area contributed by atoms with Crippen LogP contribution in [0.4, 0.5) is 5.95 Å². The molecule has 10 heteroatoms. The van der Waals surface area contributed by atoms with Crippen LogP contribution in [0.3, 0.4) is 0 Å². The summed E-state index contributed by atoms with van der Waals surface area (Å²) in [5.41, 5.74) is 2.36. The van der Waals surface area contributed by atoms with Crippen molar-refractivity contribution in [3.8, 4) is 16.8 Å². The third-order valence-electron chi connectivity index (χ3n) is 5.98. The van der Waals surface area contributed by atoms with Crippen molar-refractivity contribution in [2.75, 3.05) is 32.2 Å². The van der Waals surface area contributed by atoms with Crippen LogP contribution in [0.1, 0.15) is 5.56 Å². The number of pyridine rings is 2. The average molecular weight is 494 g/mol. The maximum atomic E-state index is 13.6. The normalized spacial score (nSPS) is 13.7. The standard InChI is InChI=1S/C25H24ClN5O4/c1-15-4-3-7-30(23(15)32)18-5-6-19(21(26)11-18)20-10-16-12-27-25(28-17-13-35-14-17)29-22(16)31(24(20)33)8-9-34-2/h3-7,10-12,17H,8-9,13-14H2,1-2H3,(H,27,28,29). The highest BCUT2D eigenvalue weighted by Gasteiger charge is 2.20. The Morgan fingerprint density at radius 3 is 2.71 bits per heavy atom. The van der Waals surface area contributed by atoms with Crippen LogP contribution >= 0.6 is 11.6 Å². The predicted molar refractivity (Wildman–Crippen MR) is 135 cm³/mol. The Kier molecular flexibility index (Phi) is 6.38. The van der Waals surface area contributed by atoms with Gasteiger partial charge in [-0.2, -0.15) is 4.98 Å². The molecule has 1 aliphatic heterocycles. The quantitative estimate of drug-likeness (QED) is 0.422. The summed E-state index contributed by atoms with van der Waals surface area (Å²) in [5, 5.41) is 4.27. The number of benzene rings is 1. The number of hydrogen-bond acceptors (Lipinski definition) is 7. The molecular weight excluding hydrogens is 470 g/mol. The molecule has 180 valence electrons. The maximum Gasteiger partial charge on any atom is 0.260 e. The van der Waals surface area contributed by atoms with Crippen molar-refractivity contribution in [3.63, 3.8) is 0 Å². The van der Waals surface area contributed by atoms with Gasteiger partial charge in [0.05, 0.1) is 43.1 Å². The fourth-order valence-electron chi connectivity index (χ4n) is 3.99. The van der Waals surface area contributed by atoms with E-state index in [2.05, 4.69) is 15.3 Å². The van der Waals surface area contributed by atoms with Gasteiger partial charge in [0.25, 0.3) is 11.1 Å². The van der Waals surface area contributed by atoms with Crippen LogP contribution in [-0.2, 0) is 16.0 Å². The molecule has 4 aromatic rings. The zero-order valence-electron chi connectivity index (χ0n) is 19.3. The molecule has 9 nitrogen and oxygen atoms in total. The lowest BCUT2D eigenvalue weighted by Crippen LogP contribution is -2.40. The predicted octanol–water partition coefficient (Wildman–Crippen LogP) is 3.03. The Balaban J connectivity index is 1.61. The summed E-state index contributed by atoms with van der Waals surface area (Å²) in [6, 6.07) is 10.7. The van der Waals surface area contributed by atoms with Crippen molar-refractivity contribution < 1.29 is 9.47 Å². The second kappa shape index (κ2) is 9.61. The Morgan fingerprint density at radius 2 is 2.00 bits per heavy atom. The molecule has 0 amide bonds. The Morgan fingerprint density at radius 1 is 1.17 bits per heavy atom. The molecule has 0 aliphatic carbocycles. The number of fused-ring (bicyclic) bond motifs is 1. The highest BCUT2D eigenvalue weighted by atomic mass is 35.5. The maximum absolute atomic E-state index is 13.6. The molecule has 4 heterocycles. The summed E-state index contributed by atoms with van der Waals surface area (Å²) in [6.45, 7) is 3.61. The second-order valence-electron chi connectivity index (χ2n) is 8.39. The number of aromatic nitrogens is 4. The monoisotopic (exact) mass is 493 g/mol. The Labute approximate surface area is 205 Å². The number of rotatable bonds is 7. The van der Waals surface area contributed by atoms with E-state index in [1.807, 2.05) is 0 Å². The molecule has 1 aromatic carbocycles. The van der Waals surface area contributed by atoms with E-state index in [1.165, 1.54) is 4.57 Å². The number of aryl methyl sites for hydroxylation is 1. The van der Waals surface area contributed by atoms with Gasteiger partial charge in [-0.1, -0.05) is 23.7 Å². The zero-order valence-corrected chi connectivity index (χ0v) is 20.1. The first-order valence-electron chi connectivity index (χ1n) is 11.2. The fraction of sp³-hybridized carbons (Fsp3) is 0.280. The molecule has 3 aromatic heterocycles. The molecule has 1 saturated heterocycles. The van der Waals surface area contributed by atoms with Crippen LogP contribution in [0.2, 0.25) is 5.02 Å². The van der Waals surface area contributed by atoms with Crippen molar-refractivity contribution in [3.05, 3.63) is 80.1 Å². The van der Waals surface area contributed by atoms with Crippen LogP contribution in [0, 0.1) is 6.92 Å². The van der Waals surface area contributed by atoms with Crippen molar-refractivity contribution >= 4 is 28.6 Å². The minimum atomic E-state index is -0.242. The largest absolute Gasteiger partial charge is 0.383 e. The molecule has 0 bridgehead atoms. The molecule has 0 spiro atoms. The number of nitrogens with one attached hydrogen (secondary N) is 1. The first-order chi connectivity index (χ1) is 17.0. The lowest BCUT2D eigenvalue weighted by molar-refractivity contribution is 0.0208. The van der Waals surface area contributed by atoms with E-state index in [4.69, 9.17) is 21.1 Å². The van der Waals surface area contributed by atoms with E-state index in [-0.39, 0.29) is 17.2 Å². The van der Waals surface area contributed by atoms with E-state index in [1.54, 1.807) is 67.4 Å². The number of hydrogen-bond donors (Lipinski definition) is 1. The first kappa shape index (κ1) is 23.2. The van der Waals surface area contributed by atoms with Gasteiger partial charge in [0.15, 0.2) is 0 Å². The lowest BCUT2D eigenvalue weighted by atomic mass is 10.1. The van der Waals surface area contributed by atoms with Crippen LogP contribution in [0.5, 0.6) is 0 Å². The highest BCUT2D eigenvalue weighted by molar-refractivity contribution is 6.33. The van der Waals surface area contributed by atoms with Crippen molar-refractivity contribution in [2.24, 2.45) is 0 Å². The summed E-state index contributed by atoms with van der Waals surface area (Å²) in [6.07, 6.45) is 3.37. The lowest BCUT2D eigenvalue weighted by Gasteiger charge is -2.26. The van der Waals surface area contributed by atoms with Crippen molar-refractivity contribution in [1.29, 1.82) is 0 Å². The van der Waals surface area contributed by atoms with Crippen LogP contribution < -0.4 is 16.4 Å². The zero-order chi connectivity index (χ0) is 24.5. The van der Waals surface area contributed by atoms with E-state index in [0.717, 1.165) is 0 Å². The van der Waals surface area contributed by atoms with Crippen LogP contribution in [-0.4, -0.2) is 52.1 Å². The van der Waals surface area contributed by atoms with Gasteiger partial charge in [-0.05, 0) is 31.2 Å². The van der Waals surface area contributed by atoms with Crippen LogP contribution in [0.15, 0.2) is 58.4 Å². The minimum Gasteiger partial charge on any atom is -0.383 e. The first-order valence-corrected chi connectivity index (χ1v) is 11.6. The number of methoxy groups -OCH3 is 1. The Hall–Kier alpha value is -3.53. The molecule has 35 heavy (non-hydrogen) atoms. The minimum absolute atomic E-state index is 0.126. The van der Waals surface area contributed by atoms with Gasteiger partial charge in [-0.3, -0.25) is 18.7 Å². The average Bonchev–Trinajstić information content (AvgIpc) is 2.82. The van der Waals surface area contributed by atoms with Gasteiger partial charge in [-0.15, -0.1) is 0 Å². The third-order valence-corrected chi connectivity index (χ3v) is 6.29. The summed E-state index contributed by atoms with van der Waals surface area (Å²) in [7, 11) is 1.58. The fourth-order valence-corrected chi connectivity index (χ4v) is 4.27. The van der Waals surface area contributed by atoms with Gasteiger partial charge in [0.1, 0.15) is 5.65 Å². The van der Waals surface area contributed by atoms with Crippen molar-refractivity contribution in [2.45, 2.75) is 19.5 Å². The molecule has 0 saturated carbocycles. The van der Waals surface area contributed by atoms with E-state index >= 15 is 0 Å². The summed E-state index contributed by atoms with van der Waals surface area (Å²) in [5.74, 6) is 0.440. The molecule has 1 aliphatic rings. The Bertz CT molecular complexity index is 1530. The molecule has 0 atom stereocenters. The van der Waals surface area contributed by atoms with E-state index in [9.17, 15) is 9.59 Å².